The van der Waals surface area contributed by atoms with Gasteiger partial charge in [-0.3, -0.25) is 0 Å². The van der Waals surface area contributed by atoms with E-state index in [1.807, 2.05) is 35.7 Å². The topological polar surface area (TPSA) is 41.1 Å². The van der Waals surface area contributed by atoms with Gasteiger partial charge in [0, 0.05) is 22.1 Å². The van der Waals surface area contributed by atoms with Gasteiger partial charge >= 0.3 is 6.03 Å². The maximum absolute atomic E-state index is 11.5. The van der Waals surface area contributed by atoms with Crippen LogP contribution < -0.4 is 10.6 Å². The van der Waals surface area contributed by atoms with Crippen LogP contribution in [0.15, 0.2) is 52.7 Å². The number of thiophene rings is 1. The van der Waals surface area contributed by atoms with Gasteiger partial charge in [0.15, 0.2) is 0 Å². The lowest BCUT2D eigenvalue weighted by Crippen LogP contribution is -2.36. The van der Waals surface area contributed by atoms with Gasteiger partial charge in [-0.25, -0.2) is 4.79 Å². The summed E-state index contributed by atoms with van der Waals surface area (Å²) in [6.45, 7) is 1.26. The third-order valence-electron chi connectivity index (χ3n) is 2.40. The van der Waals surface area contributed by atoms with Crippen molar-refractivity contribution < 1.29 is 4.79 Å². The predicted octanol–water partition coefficient (Wildman–Crippen LogP) is 3.34. The van der Waals surface area contributed by atoms with E-state index in [-0.39, 0.29) is 6.03 Å². The molecule has 3 nitrogen and oxygen atoms in total. The molecule has 1 aromatic carbocycles. The Kier molecular flexibility index (Phi) is 5.78. The van der Waals surface area contributed by atoms with Crippen molar-refractivity contribution in [3.05, 3.63) is 52.7 Å². The van der Waals surface area contributed by atoms with Crippen LogP contribution in [-0.2, 0) is 6.54 Å². The molecule has 5 heteroatoms. The number of hydrogen-bond donors (Lipinski definition) is 2. The minimum Gasteiger partial charge on any atom is -0.337 e. The summed E-state index contributed by atoms with van der Waals surface area (Å²) in [6, 6.07) is 14.1. The van der Waals surface area contributed by atoms with Gasteiger partial charge in [-0.1, -0.05) is 24.3 Å². The minimum absolute atomic E-state index is 0.109. The van der Waals surface area contributed by atoms with Crippen molar-refractivity contribution in [1.29, 1.82) is 0 Å². The van der Waals surface area contributed by atoms with Crippen LogP contribution in [0, 0.1) is 0 Å². The SMILES string of the molecule is O=C(NCCSc1ccccc1)NCc1cccs1. The highest BCUT2D eigenvalue weighted by atomic mass is 32.2. The highest BCUT2D eigenvalue weighted by Gasteiger charge is 2.00. The minimum atomic E-state index is -0.109. The molecule has 0 bridgehead atoms. The average molecular weight is 292 g/mol. The number of nitrogens with one attached hydrogen (secondary N) is 2. The highest BCUT2D eigenvalue weighted by Crippen LogP contribution is 2.15. The van der Waals surface area contributed by atoms with Gasteiger partial charge < -0.3 is 10.6 Å². The van der Waals surface area contributed by atoms with E-state index in [1.165, 1.54) is 4.90 Å². The zero-order valence-electron chi connectivity index (χ0n) is 10.5. The molecule has 0 spiro atoms. The van der Waals surface area contributed by atoms with Crippen molar-refractivity contribution in [3.63, 3.8) is 0 Å². The van der Waals surface area contributed by atoms with E-state index in [9.17, 15) is 4.79 Å². The Hall–Kier alpha value is -1.46. The van der Waals surface area contributed by atoms with E-state index in [4.69, 9.17) is 0 Å². The molecule has 0 saturated heterocycles. The van der Waals surface area contributed by atoms with Gasteiger partial charge in [0.25, 0.3) is 0 Å². The van der Waals surface area contributed by atoms with Crippen LogP contribution in [0.1, 0.15) is 4.88 Å². The monoisotopic (exact) mass is 292 g/mol. The first-order chi connectivity index (χ1) is 9.34. The van der Waals surface area contributed by atoms with Gasteiger partial charge in [-0.05, 0) is 23.6 Å². The predicted molar refractivity (Wildman–Crippen MR) is 81.7 cm³/mol. The number of amides is 2. The summed E-state index contributed by atoms with van der Waals surface area (Å²) in [6.07, 6.45) is 0. The Morgan fingerprint density at radius 3 is 2.68 bits per heavy atom. The summed E-state index contributed by atoms with van der Waals surface area (Å²) in [5, 5.41) is 7.69. The fourth-order valence-electron chi connectivity index (χ4n) is 1.49. The number of carbonyl (C=O) groups excluding carboxylic acids is 1. The first kappa shape index (κ1) is 14.0. The van der Waals surface area contributed by atoms with Crippen molar-refractivity contribution >= 4 is 29.1 Å². The summed E-state index contributed by atoms with van der Waals surface area (Å²) in [7, 11) is 0. The van der Waals surface area contributed by atoms with E-state index < -0.39 is 0 Å². The first-order valence-electron chi connectivity index (χ1n) is 6.06. The maximum atomic E-state index is 11.5. The Bertz CT molecular complexity index is 485. The molecule has 2 rings (SSSR count). The molecule has 0 aliphatic heterocycles. The molecular formula is C14H16N2OS2. The summed E-state index contributed by atoms with van der Waals surface area (Å²) in [5.41, 5.74) is 0. The quantitative estimate of drug-likeness (QED) is 0.633. The molecule has 2 amide bonds. The zero-order valence-corrected chi connectivity index (χ0v) is 12.1. The molecular weight excluding hydrogens is 276 g/mol. The third-order valence-corrected chi connectivity index (χ3v) is 4.29. The molecule has 1 heterocycles. The number of thioether (sulfide) groups is 1. The van der Waals surface area contributed by atoms with Crippen LogP contribution in [0.2, 0.25) is 0 Å². The van der Waals surface area contributed by atoms with Crippen molar-refractivity contribution in [2.24, 2.45) is 0 Å². The van der Waals surface area contributed by atoms with Crippen molar-refractivity contribution in [1.82, 2.24) is 10.6 Å². The van der Waals surface area contributed by atoms with Crippen LogP contribution in [-0.4, -0.2) is 18.3 Å². The van der Waals surface area contributed by atoms with Gasteiger partial charge in [-0.15, -0.1) is 23.1 Å². The second-order valence-electron chi connectivity index (χ2n) is 3.85. The molecule has 0 fully saturated rings. The molecule has 0 aliphatic rings. The molecule has 0 unspecified atom stereocenters. The van der Waals surface area contributed by atoms with Crippen LogP contribution in [0.4, 0.5) is 4.79 Å². The van der Waals surface area contributed by atoms with Crippen molar-refractivity contribution in [2.45, 2.75) is 11.4 Å². The maximum Gasteiger partial charge on any atom is 0.315 e. The van der Waals surface area contributed by atoms with Crippen LogP contribution >= 0.6 is 23.1 Å². The Labute approximate surface area is 121 Å². The molecule has 0 atom stereocenters. The molecule has 2 N–H and O–H groups in total. The van der Waals surface area contributed by atoms with Crippen molar-refractivity contribution in [2.75, 3.05) is 12.3 Å². The number of rotatable bonds is 6. The average Bonchev–Trinajstić information content (AvgIpc) is 2.96. The lowest BCUT2D eigenvalue weighted by atomic mass is 10.4. The third kappa shape index (κ3) is 5.36. The summed E-state index contributed by atoms with van der Waals surface area (Å²) in [5.74, 6) is 0.871. The number of urea groups is 1. The number of hydrogen-bond acceptors (Lipinski definition) is 3. The lowest BCUT2D eigenvalue weighted by molar-refractivity contribution is 0.241. The first-order valence-corrected chi connectivity index (χ1v) is 7.93. The molecule has 19 heavy (non-hydrogen) atoms. The van der Waals surface area contributed by atoms with Crippen LogP contribution in [0.5, 0.6) is 0 Å². The number of carbonyl (C=O) groups is 1. The Morgan fingerprint density at radius 1 is 1.11 bits per heavy atom. The van der Waals surface area contributed by atoms with E-state index in [2.05, 4.69) is 22.8 Å². The second-order valence-corrected chi connectivity index (χ2v) is 6.05. The van der Waals surface area contributed by atoms with E-state index >= 15 is 0 Å². The van der Waals surface area contributed by atoms with Gasteiger partial charge in [0.05, 0.1) is 6.54 Å². The zero-order chi connectivity index (χ0) is 13.3. The standard InChI is InChI=1S/C14H16N2OS2/c17-14(16-11-13-7-4-9-18-13)15-8-10-19-12-5-2-1-3-6-12/h1-7,9H,8,10-11H2,(H2,15,16,17). The van der Waals surface area contributed by atoms with E-state index in [1.54, 1.807) is 23.1 Å². The highest BCUT2D eigenvalue weighted by molar-refractivity contribution is 7.99. The lowest BCUT2D eigenvalue weighted by Gasteiger charge is -2.06. The molecule has 2 aromatic rings. The van der Waals surface area contributed by atoms with Crippen LogP contribution in [0.25, 0.3) is 0 Å². The van der Waals surface area contributed by atoms with Gasteiger partial charge in [-0.2, -0.15) is 0 Å². The molecule has 1 aromatic heterocycles. The molecule has 0 saturated carbocycles. The normalized spacial score (nSPS) is 10.1. The van der Waals surface area contributed by atoms with Crippen molar-refractivity contribution in [3.8, 4) is 0 Å². The molecule has 100 valence electrons. The number of benzene rings is 1. The largest absolute Gasteiger partial charge is 0.337 e. The fourth-order valence-corrected chi connectivity index (χ4v) is 2.93. The van der Waals surface area contributed by atoms with Gasteiger partial charge in [0.1, 0.15) is 0 Å². The molecule has 0 aliphatic carbocycles. The van der Waals surface area contributed by atoms with Crippen LogP contribution in [0.3, 0.4) is 0 Å². The fraction of sp³-hybridized carbons (Fsp3) is 0.214. The van der Waals surface area contributed by atoms with E-state index in [0.29, 0.717) is 13.1 Å². The summed E-state index contributed by atoms with van der Waals surface area (Å²) >= 11 is 3.38. The smallest absolute Gasteiger partial charge is 0.315 e. The van der Waals surface area contributed by atoms with E-state index in [0.717, 1.165) is 10.6 Å². The second kappa shape index (κ2) is 7.86. The van der Waals surface area contributed by atoms with Gasteiger partial charge in [0.2, 0.25) is 0 Å². The Balaban J connectivity index is 1.57. The molecule has 0 radical (unpaired) electrons. The summed E-state index contributed by atoms with van der Waals surface area (Å²) < 4.78 is 0. The summed E-state index contributed by atoms with van der Waals surface area (Å²) in [4.78, 5) is 13.9. The Morgan fingerprint density at radius 2 is 1.95 bits per heavy atom.